The number of Topliss-reactive ketones (excluding diaryl/α,β-unsaturated/α-hetero) is 1. The average Bonchev–Trinajstić information content (AvgIpc) is 3.07. The molecule has 2 N–H and O–H groups in total. The van der Waals surface area contributed by atoms with Crippen LogP contribution in [0.4, 0.5) is 0 Å². The lowest BCUT2D eigenvalue weighted by atomic mass is 10.1. The van der Waals surface area contributed by atoms with Gasteiger partial charge in [0.2, 0.25) is 10.0 Å². The van der Waals surface area contributed by atoms with Crippen molar-refractivity contribution in [3.8, 4) is 0 Å². The maximum absolute atomic E-state index is 12.5. The van der Waals surface area contributed by atoms with Crippen LogP contribution in [-0.4, -0.2) is 14.2 Å². The van der Waals surface area contributed by atoms with Crippen LogP contribution < -0.4 is 10.0 Å². The predicted molar refractivity (Wildman–Crippen MR) is 92.1 cm³/mol. The van der Waals surface area contributed by atoms with Crippen molar-refractivity contribution < 1.29 is 13.2 Å². The first-order valence-electron chi connectivity index (χ1n) is 7.94. The lowest BCUT2D eigenvalue weighted by Gasteiger charge is -2.09. The van der Waals surface area contributed by atoms with Gasteiger partial charge in [-0.15, -0.1) is 0 Å². The molecule has 0 atom stereocenters. The molecule has 0 amide bonds. The van der Waals surface area contributed by atoms with E-state index in [-0.39, 0.29) is 17.2 Å². The molecule has 5 nitrogen and oxygen atoms in total. The fourth-order valence-corrected chi connectivity index (χ4v) is 3.82. The second kappa shape index (κ2) is 6.84. The summed E-state index contributed by atoms with van der Waals surface area (Å²) in [6.45, 7) is 3.66. The molecule has 0 radical (unpaired) electrons. The van der Waals surface area contributed by atoms with Crippen LogP contribution in [-0.2, 0) is 29.7 Å². The molecule has 0 saturated heterocycles. The Morgan fingerprint density at radius 3 is 2.71 bits per heavy atom. The summed E-state index contributed by atoms with van der Waals surface area (Å²) in [5.41, 5.74) is 3.81. The normalized spacial score (nSPS) is 13.7. The zero-order valence-corrected chi connectivity index (χ0v) is 14.3. The molecule has 0 bridgehead atoms. The van der Waals surface area contributed by atoms with Gasteiger partial charge in [-0.2, -0.15) is 0 Å². The van der Waals surface area contributed by atoms with Crippen molar-refractivity contribution in [3.63, 3.8) is 0 Å². The number of benzene rings is 2. The summed E-state index contributed by atoms with van der Waals surface area (Å²) in [5.74, 6) is -0.0711. The van der Waals surface area contributed by atoms with E-state index in [9.17, 15) is 13.2 Å². The summed E-state index contributed by atoms with van der Waals surface area (Å²) in [6.07, 6.45) is 0.347. The van der Waals surface area contributed by atoms with Gasteiger partial charge in [0.1, 0.15) is 0 Å². The van der Waals surface area contributed by atoms with Crippen LogP contribution in [0.15, 0.2) is 47.4 Å². The third-order valence-electron chi connectivity index (χ3n) is 4.16. The number of rotatable bonds is 6. The molecule has 0 aromatic heterocycles. The van der Waals surface area contributed by atoms with E-state index in [4.69, 9.17) is 0 Å². The van der Waals surface area contributed by atoms with Gasteiger partial charge in [-0.1, -0.05) is 37.3 Å². The number of ketones is 1. The van der Waals surface area contributed by atoms with Gasteiger partial charge in [0.05, 0.1) is 4.90 Å². The van der Waals surface area contributed by atoms with Crippen molar-refractivity contribution in [1.82, 2.24) is 10.0 Å². The topological polar surface area (TPSA) is 75.3 Å². The zero-order valence-electron chi connectivity index (χ0n) is 13.5. The Morgan fingerprint density at radius 1 is 1.12 bits per heavy atom. The standard InChI is InChI=1S/C18H20N2O3S/c1-2-18(21)14-4-3-5-17(9-14)24(22,23)20-10-13-6-7-15-11-19-12-16(15)8-13/h3-9,19-20H,2,10-12H2,1H3. The summed E-state index contributed by atoms with van der Waals surface area (Å²) in [6, 6.07) is 12.2. The van der Waals surface area contributed by atoms with Gasteiger partial charge in [0.25, 0.3) is 0 Å². The number of hydrogen-bond donors (Lipinski definition) is 2. The van der Waals surface area contributed by atoms with E-state index in [2.05, 4.69) is 10.0 Å². The first kappa shape index (κ1) is 16.8. The van der Waals surface area contributed by atoms with E-state index in [1.54, 1.807) is 19.1 Å². The highest BCUT2D eigenvalue weighted by Gasteiger charge is 2.16. The molecule has 0 unspecified atom stereocenters. The van der Waals surface area contributed by atoms with Crippen LogP contribution >= 0.6 is 0 Å². The highest BCUT2D eigenvalue weighted by molar-refractivity contribution is 7.89. The number of sulfonamides is 1. The Balaban J connectivity index is 1.75. The van der Waals surface area contributed by atoms with Crippen LogP contribution in [0.3, 0.4) is 0 Å². The lowest BCUT2D eigenvalue weighted by molar-refractivity contribution is 0.0988. The molecule has 1 aliphatic heterocycles. The van der Waals surface area contributed by atoms with E-state index < -0.39 is 10.0 Å². The Morgan fingerprint density at radius 2 is 1.92 bits per heavy atom. The Hall–Kier alpha value is -2.02. The van der Waals surface area contributed by atoms with Crippen LogP contribution in [0.1, 0.15) is 40.4 Å². The molecule has 0 fully saturated rings. The Bertz CT molecular complexity index is 876. The third kappa shape index (κ3) is 3.56. The average molecular weight is 344 g/mol. The van der Waals surface area contributed by atoms with Crippen molar-refractivity contribution in [3.05, 3.63) is 64.7 Å². The first-order chi connectivity index (χ1) is 11.5. The second-order valence-electron chi connectivity index (χ2n) is 5.84. The van der Waals surface area contributed by atoms with E-state index in [1.165, 1.54) is 23.3 Å². The molecule has 0 aliphatic carbocycles. The van der Waals surface area contributed by atoms with E-state index in [1.807, 2.05) is 18.2 Å². The summed E-state index contributed by atoms with van der Waals surface area (Å²) in [4.78, 5) is 11.9. The summed E-state index contributed by atoms with van der Waals surface area (Å²) >= 11 is 0. The SMILES string of the molecule is CCC(=O)c1cccc(S(=O)(=O)NCc2ccc3c(c2)CNC3)c1. The molecular weight excluding hydrogens is 324 g/mol. The van der Waals surface area contributed by atoms with Crippen molar-refractivity contribution in [2.75, 3.05) is 0 Å². The van der Waals surface area contributed by atoms with Crippen molar-refractivity contribution in [2.45, 2.75) is 37.9 Å². The van der Waals surface area contributed by atoms with E-state index in [0.29, 0.717) is 12.0 Å². The summed E-state index contributed by atoms with van der Waals surface area (Å²) in [5, 5.41) is 3.26. The molecular formula is C18H20N2O3S. The zero-order chi connectivity index (χ0) is 17.2. The van der Waals surface area contributed by atoms with Crippen molar-refractivity contribution in [1.29, 1.82) is 0 Å². The molecule has 1 heterocycles. The molecule has 0 spiro atoms. The van der Waals surface area contributed by atoms with Crippen LogP contribution in [0.2, 0.25) is 0 Å². The fourth-order valence-electron chi connectivity index (χ4n) is 2.76. The van der Waals surface area contributed by atoms with Gasteiger partial charge in [-0.05, 0) is 28.8 Å². The van der Waals surface area contributed by atoms with Gasteiger partial charge in [0, 0.05) is 31.6 Å². The van der Waals surface area contributed by atoms with Gasteiger partial charge < -0.3 is 5.32 Å². The molecule has 1 aliphatic rings. The summed E-state index contributed by atoms with van der Waals surface area (Å²) < 4.78 is 27.5. The molecule has 2 aromatic carbocycles. The van der Waals surface area contributed by atoms with Crippen LogP contribution in [0, 0.1) is 0 Å². The van der Waals surface area contributed by atoms with Gasteiger partial charge in [0.15, 0.2) is 5.78 Å². The number of carbonyl (C=O) groups is 1. The fraction of sp³-hybridized carbons (Fsp3) is 0.278. The highest BCUT2D eigenvalue weighted by Crippen LogP contribution is 2.18. The molecule has 3 rings (SSSR count). The van der Waals surface area contributed by atoms with Crippen molar-refractivity contribution >= 4 is 15.8 Å². The third-order valence-corrected chi connectivity index (χ3v) is 5.55. The van der Waals surface area contributed by atoms with Crippen molar-refractivity contribution in [2.24, 2.45) is 0 Å². The lowest BCUT2D eigenvalue weighted by Crippen LogP contribution is -2.23. The minimum Gasteiger partial charge on any atom is -0.309 e. The van der Waals surface area contributed by atoms with Crippen LogP contribution in [0.25, 0.3) is 0 Å². The smallest absolute Gasteiger partial charge is 0.240 e. The first-order valence-corrected chi connectivity index (χ1v) is 9.42. The number of fused-ring (bicyclic) bond motifs is 1. The summed E-state index contributed by atoms with van der Waals surface area (Å²) in [7, 11) is -3.65. The van der Waals surface area contributed by atoms with E-state index in [0.717, 1.165) is 18.7 Å². The van der Waals surface area contributed by atoms with Gasteiger partial charge in [-0.25, -0.2) is 13.1 Å². The Labute approximate surface area is 142 Å². The van der Waals surface area contributed by atoms with Gasteiger partial charge >= 0.3 is 0 Å². The molecule has 126 valence electrons. The minimum absolute atomic E-state index is 0.0711. The maximum atomic E-state index is 12.5. The quantitative estimate of drug-likeness (QED) is 0.789. The predicted octanol–water partition coefficient (Wildman–Crippen LogP) is 2.36. The monoisotopic (exact) mass is 344 g/mol. The number of hydrogen-bond acceptors (Lipinski definition) is 4. The van der Waals surface area contributed by atoms with E-state index >= 15 is 0 Å². The highest BCUT2D eigenvalue weighted by atomic mass is 32.2. The molecule has 0 saturated carbocycles. The Kier molecular flexibility index (Phi) is 4.80. The minimum atomic E-state index is -3.65. The number of carbonyl (C=O) groups excluding carboxylic acids is 1. The van der Waals surface area contributed by atoms with Crippen LogP contribution in [0.5, 0.6) is 0 Å². The number of nitrogens with one attached hydrogen (secondary N) is 2. The molecule has 24 heavy (non-hydrogen) atoms. The second-order valence-corrected chi connectivity index (χ2v) is 7.60. The van der Waals surface area contributed by atoms with Gasteiger partial charge in [-0.3, -0.25) is 4.79 Å². The maximum Gasteiger partial charge on any atom is 0.240 e. The largest absolute Gasteiger partial charge is 0.309 e. The molecule has 6 heteroatoms. The molecule has 2 aromatic rings.